The molecule has 0 spiro atoms. The normalized spacial score (nSPS) is 30.1. The standard InChI is InChI=1S/C10H10Br2O/c11-10(12)8(6-13)9(10)7-4-2-1-3-5-7/h1-5,8-9,13H,6H2/t8?,9-/m1/s1. The van der Waals surface area contributed by atoms with Crippen molar-refractivity contribution in [2.45, 2.75) is 9.15 Å². The van der Waals surface area contributed by atoms with Crippen LogP contribution in [0, 0.1) is 5.92 Å². The zero-order chi connectivity index (χ0) is 9.47. The minimum absolute atomic E-state index is 0.0872. The molecular weight excluding hydrogens is 296 g/mol. The molecule has 1 unspecified atom stereocenters. The maximum Gasteiger partial charge on any atom is 0.0934 e. The van der Waals surface area contributed by atoms with E-state index in [0.717, 1.165) is 0 Å². The Bertz CT molecular complexity index is 297. The SMILES string of the molecule is OCC1[C@@H](c2ccccc2)C1(Br)Br. The fraction of sp³-hybridized carbons (Fsp3) is 0.400. The van der Waals surface area contributed by atoms with Crippen LogP contribution in [0.1, 0.15) is 11.5 Å². The molecule has 1 aliphatic rings. The molecule has 0 amide bonds. The van der Waals surface area contributed by atoms with Gasteiger partial charge >= 0.3 is 0 Å². The number of hydrogen-bond donors (Lipinski definition) is 1. The molecular formula is C10H10Br2O. The van der Waals surface area contributed by atoms with Gasteiger partial charge in [-0.15, -0.1) is 0 Å². The average Bonchev–Trinajstić information content (AvgIpc) is 2.69. The van der Waals surface area contributed by atoms with Gasteiger partial charge in [0.25, 0.3) is 0 Å². The maximum atomic E-state index is 9.11. The Morgan fingerprint density at radius 1 is 1.23 bits per heavy atom. The highest BCUT2D eigenvalue weighted by molar-refractivity contribution is 9.25. The van der Waals surface area contributed by atoms with Crippen molar-refractivity contribution in [3.63, 3.8) is 0 Å². The van der Waals surface area contributed by atoms with E-state index in [-0.39, 0.29) is 15.8 Å². The van der Waals surface area contributed by atoms with Gasteiger partial charge in [0, 0.05) is 18.4 Å². The molecule has 13 heavy (non-hydrogen) atoms. The van der Waals surface area contributed by atoms with Gasteiger partial charge in [-0.3, -0.25) is 0 Å². The zero-order valence-electron chi connectivity index (χ0n) is 6.95. The fourth-order valence-corrected chi connectivity index (χ4v) is 3.45. The zero-order valence-corrected chi connectivity index (χ0v) is 10.1. The van der Waals surface area contributed by atoms with Crippen LogP contribution >= 0.6 is 31.9 Å². The van der Waals surface area contributed by atoms with Crippen LogP contribution in [-0.2, 0) is 0 Å². The number of halogens is 2. The lowest BCUT2D eigenvalue weighted by atomic mass is 10.1. The first kappa shape index (κ1) is 9.69. The first-order valence-corrected chi connectivity index (χ1v) is 5.80. The molecule has 70 valence electrons. The van der Waals surface area contributed by atoms with Crippen LogP contribution in [-0.4, -0.2) is 14.9 Å². The van der Waals surface area contributed by atoms with Crippen molar-refractivity contribution < 1.29 is 5.11 Å². The van der Waals surface area contributed by atoms with Crippen LogP contribution in [0.5, 0.6) is 0 Å². The summed E-state index contributed by atoms with van der Waals surface area (Å²) in [5, 5.41) is 9.11. The number of alkyl halides is 2. The molecule has 3 heteroatoms. The first-order chi connectivity index (χ1) is 6.18. The molecule has 1 fully saturated rings. The van der Waals surface area contributed by atoms with E-state index in [4.69, 9.17) is 5.11 Å². The third-order valence-electron chi connectivity index (χ3n) is 2.56. The maximum absolute atomic E-state index is 9.11. The fourth-order valence-electron chi connectivity index (χ4n) is 1.73. The van der Waals surface area contributed by atoms with Gasteiger partial charge in [0.2, 0.25) is 0 Å². The van der Waals surface area contributed by atoms with E-state index in [0.29, 0.717) is 5.92 Å². The predicted molar refractivity (Wildman–Crippen MR) is 60.3 cm³/mol. The molecule has 2 atom stereocenters. The number of aliphatic hydroxyl groups excluding tert-OH is 1. The highest BCUT2D eigenvalue weighted by Gasteiger charge is 2.61. The van der Waals surface area contributed by atoms with Crippen molar-refractivity contribution in [1.82, 2.24) is 0 Å². The highest BCUT2D eigenvalue weighted by atomic mass is 79.9. The third-order valence-corrected chi connectivity index (χ3v) is 4.72. The Morgan fingerprint density at radius 3 is 2.31 bits per heavy atom. The van der Waals surface area contributed by atoms with Crippen LogP contribution < -0.4 is 0 Å². The smallest absolute Gasteiger partial charge is 0.0934 e. The van der Waals surface area contributed by atoms with Crippen molar-refractivity contribution in [1.29, 1.82) is 0 Å². The van der Waals surface area contributed by atoms with Gasteiger partial charge < -0.3 is 5.11 Å². The molecule has 1 nitrogen and oxygen atoms in total. The average molecular weight is 306 g/mol. The second-order valence-electron chi connectivity index (χ2n) is 3.35. The summed E-state index contributed by atoms with van der Waals surface area (Å²) in [5.74, 6) is 0.675. The van der Waals surface area contributed by atoms with Gasteiger partial charge in [-0.05, 0) is 5.56 Å². The van der Waals surface area contributed by atoms with Gasteiger partial charge in [0.05, 0.1) is 3.23 Å². The Morgan fingerprint density at radius 2 is 1.85 bits per heavy atom. The van der Waals surface area contributed by atoms with E-state index in [1.807, 2.05) is 18.2 Å². The van der Waals surface area contributed by atoms with E-state index in [9.17, 15) is 0 Å². The minimum Gasteiger partial charge on any atom is -0.396 e. The number of aliphatic hydroxyl groups is 1. The van der Waals surface area contributed by atoms with E-state index >= 15 is 0 Å². The summed E-state index contributed by atoms with van der Waals surface area (Å²) in [6.07, 6.45) is 0. The molecule has 1 aliphatic carbocycles. The largest absolute Gasteiger partial charge is 0.396 e. The summed E-state index contributed by atoms with van der Waals surface area (Å²) in [5.41, 5.74) is 1.27. The molecule has 0 heterocycles. The topological polar surface area (TPSA) is 20.2 Å². The van der Waals surface area contributed by atoms with Crippen LogP contribution in [0.4, 0.5) is 0 Å². The van der Waals surface area contributed by atoms with Crippen molar-refractivity contribution >= 4 is 31.9 Å². The molecule has 0 radical (unpaired) electrons. The quantitative estimate of drug-likeness (QED) is 0.833. The van der Waals surface area contributed by atoms with Crippen molar-refractivity contribution in [3.8, 4) is 0 Å². The Balaban J connectivity index is 2.22. The number of rotatable bonds is 2. The van der Waals surface area contributed by atoms with Crippen molar-refractivity contribution in [3.05, 3.63) is 35.9 Å². The van der Waals surface area contributed by atoms with E-state index in [1.54, 1.807) is 0 Å². The molecule has 1 aromatic rings. The Hall–Kier alpha value is 0.140. The van der Waals surface area contributed by atoms with E-state index < -0.39 is 0 Å². The highest BCUT2D eigenvalue weighted by Crippen LogP contribution is 2.66. The third kappa shape index (κ3) is 1.58. The van der Waals surface area contributed by atoms with Crippen molar-refractivity contribution in [2.75, 3.05) is 6.61 Å². The van der Waals surface area contributed by atoms with Crippen molar-refractivity contribution in [2.24, 2.45) is 5.92 Å². The van der Waals surface area contributed by atoms with E-state index in [1.165, 1.54) is 5.56 Å². The molecule has 0 aromatic heterocycles. The Labute approximate surface area is 94.4 Å². The molecule has 1 N–H and O–H groups in total. The van der Waals surface area contributed by atoms with Gasteiger partial charge in [0.1, 0.15) is 0 Å². The van der Waals surface area contributed by atoms with Gasteiger partial charge in [-0.2, -0.15) is 0 Å². The van der Waals surface area contributed by atoms with Crippen LogP contribution in [0.2, 0.25) is 0 Å². The van der Waals surface area contributed by atoms with E-state index in [2.05, 4.69) is 44.0 Å². The van der Waals surface area contributed by atoms with Gasteiger partial charge in [0.15, 0.2) is 0 Å². The lowest BCUT2D eigenvalue weighted by molar-refractivity contribution is 0.274. The summed E-state index contributed by atoms with van der Waals surface area (Å²) < 4.78 is -0.0872. The lowest BCUT2D eigenvalue weighted by Crippen LogP contribution is -1.92. The summed E-state index contributed by atoms with van der Waals surface area (Å²) in [6, 6.07) is 10.2. The molecule has 0 aliphatic heterocycles. The summed E-state index contributed by atoms with van der Waals surface area (Å²) in [4.78, 5) is 0. The molecule has 1 saturated carbocycles. The van der Waals surface area contributed by atoms with Gasteiger partial charge in [-0.1, -0.05) is 62.2 Å². The second-order valence-corrected chi connectivity index (χ2v) is 7.04. The van der Waals surface area contributed by atoms with Gasteiger partial charge in [-0.25, -0.2) is 0 Å². The predicted octanol–water partition coefficient (Wildman–Crippen LogP) is 2.88. The second kappa shape index (κ2) is 3.37. The minimum atomic E-state index is -0.0872. The molecule has 1 aromatic carbocycles. The number of hydrogen-bond acceptors (Lipinski definition) is 1. The monoisotopic (exact) mass is 304 g/mol. The van der Waals surface area contributed by atoms with Crippen LogP contribution in [0.3, 0.4) is 0 Å². The number of benzene rings is 1. The first-order valence-electron chi connectivity index (χ1n) is 4.21. The van der Waals surface area contributed by atoms with Crippen LogP contribution in [0.15, 0.2) is 30.3 Å². The summed E-state index contributed by atoms with van der Waals surface area (Å²) in [7, 11) is 0. The summed E-state index contributed by atoms with van der Waals surface area (Å²) >= 11 is 7.15. The van der Waals surface area contributed by atoms with Crippen LogP contribution in [0.25, 0.3) is 0 Å². The summed E-state index contributed by atoms with van der Waals surface area (Å²) in [6.45, 7) is 0.218. The Kier molecular flexibility index (Phi) is 2.51. The molecule has 0 bridgehead atoms. The molecule has 2 rings (SSSR count). The molecule has 0 saturated heterocycles. The lowest BCUT2D eigenvalue weighted by Gasteiger charge is -1.98.